The summed E-state index contributed by atoms with van der Waals surface area (Å²) in [5, 5.41) is 6.56. The fraction of sp³-hybridized carbons (Fsp3) is 0.350. The first-order valence-corrected chi connectivity index (χ1v) is 8.80. The average Bonchev–Trinajstić information content (AvgIpc) is 3.15. The van der Waals surface area contributed by atoms with Gasteiger partial charge >= 0.3 is 0 Å². The lowest BCUT2D eigenvalue weighted by atomic mass is 10.1. The van der Waals surface area contributed by atoms with Crippen LogP contribution in [0.1, 0.15) is 11.1 Å². The first kappa shape index (κ1) is 18.1. The van der Waals surface area contributed by atoms with Crippen LogP contribution in [0.5, 0.6) is 11.5 Å². The van der Waals surface area contributed by atoms with E-state index in [1.54, 1.807) is 7.05 Å². The van der Waals surface area contributed by atoms with E-state index in [0.717, 1.165) is 30.4 Å². The predicted octanol–water partition coefficient (Wildman–Crippen LogP) is 2.34. The maximum Gasteiger partial charge on any atom is 0.231 e. The van der Waals surface area contributed by atoms with Crippen molar-refractivity contribution in [1.29, 1.82) is 0 Å². The number of hydrogen-bond donors (Lipinski definition) is 2. The minimum absolute atomic E-state index is 0.305. The zero-order valence-electron chi connectivity index (χ0n) is 15.0. The summed E-state index contributed by atoms with van der Waals surface area (Å²) in [6, 6.07) is 16.2. The van der Waals surface area contributed by atoms with Crippen LogP contribution in [0, 0.1) is 0 Å². The van der Waals surface area contributed by atoms with E-state index in [1.165, 1.54) is 11.1 Å². The van der Waals surface area contributed by atoms with Gasteiger partial charge in [0.1, 0.15) is 0 Å². The smallest absolute Gasteiger partial charge is 0.231 e. The molecule has 2 aromatic carbocycles. The number of nitrogens with one attached hydrogen (secondary N) is 2. The quantitative estimate of drug-likeness (QED) is 0.432. The van der Waals surface area contributed by atoms with Crippen LogP contribution in [0.2, 0.25) is 0 Å². The molecule has 0 atom stereocenters. The topological polar surface area (TPSA) is 64.1 Å². The molecule has 0 fully saturated rings. The van der Waals surface area contributed by atoms with Gasteiger partial charge in [0.25, 0.3) is 0 Å². The Kier molecular flexibility index (Phi) is 6.73. The van der Waals surface area contributed by atoms with Gasteiger partial charge in [0.15, 0.2) is 17.5 Å². The predicted molar refractivity (Wildman–Crippen MR) is 102 cm³/mol. The van der Waals surface area contributed by atoms with Gasteiger partial charge in [-0.25, -0.2) is 0 Å². The summed E-state index contributed by atoms with van der Waals surface area (Å²) in [6.07, 6.45) is 0.877. The zero-order chi connectivity index (χ0) is 18.0. The molecule has 2 N–H and O–H groups in total. The van der Waals surface area contributed by atoms with Crippen LogP contribution in [0.4, 0.5) is 0 Å². The molecular formula is C20H25N3O3. The molecular weight excluding hydrogens is 330 g/mol. The number of nitrogens with zero attached hydrogens (tertiary/aromatic N) is 1. The van der Waals surface area contributed by atoms with Crippen LogP contribution in [0.25, 0.3) is 0 Å². The summed E-state index contributed by atoms with van der Waals surface area (Å²) in [5.41, 5.74) is 2.38. The Morgan fingerprint density at radius 2 is 1.81 bits per heavy atom. The van der Waals surface area contributed by atoms with Crippen LogP contribution >= 0.6 is 0 Å². The van der Waals surface area contributed by atoms with E-state index in [9.17, 15) is 0 Å². The van der Waals surface area contributed by atoms with Crippen LogP contribution < -0.4 is 20.1 Å². The first-order valence-electron chi connectivity index (χ1n) is 8.80. The lowest BCUT2D eigenvalue weighted by Gasteiger charge is -2.12. The zero-order valence-corrected chi connectivity index (χ0v) is 15.0. The van der Waals surface area contributed by atoms with Gasteiger partial charge in [0.05, 0.1) is 13.2 Å². The Balaban J connectivity index is 1.31. The van der Waals surface area contributed by atoms with Crippen LogP contribution in [0.3, 0.4) is 0 Å². The third-order valence-electron chi connectivity index (χ3n) is 4.02. The van der Waals surface area contributed by atoms with E-state index in [-0.39, 0.29) is 0 Å². The molecule has 0 spiro atoms. The highest BCUT2D eigenvalue weighted by Gasteiger charge is 2.12. The molecule has 3 rings (SSSR count). The second-order valence-electron chi connectivity index (χ2n) is 5.90. The summed E-state index contributed by atoms with van der Waals surface area (Å²) in [7, 11) is 1.76. The van der Waals surface area contributed by atoms with Crippen molar-refractivity contribution in [2.45, 2.75) is 13.0 Å². The highest BCUT2D eigenvalue weighted by molar-refractivity contribution is 5.79. The van der Waals surface area contributed by atoms with Gasteiger partial charge in [-0.15, -0.1) is 0 Å². The van der Waals surface area contributed by atoms with E-state index in [4.69, 9.17) is 14.2 Å². The lowest BCUT2D eigenvalue weighted by molar-refractivity contribution is 0.125. The Bertz CT molecular complexity index is 719. The summed E-state index contributed by atoms with van der Waals surface area (Å²) in [5.74, 6) is 2.41. The van der Waals surface area contributed by atoms with E-state index in [0.29, 0.717) is 26.6 Å². The average molecular weight is 355 g/mol. The molecule has 0 aliphatic carbocycles. The molecule has 1 aliphatic rings. The molecule has 6 heteroatoms. The number of rotatable bonds is 8. The summed E-state index contributed by atoms with van der Waals surface area (Å²) in [6.45, 7) is 3.04. The van der Waals surface area contributed by atoms with Crippen molar-refractivity contribution in [3.05, 3.63) is 59.7 Å². The second kappa shape index (κ2) is 9.68. The summed E-state index contributed by atoms with van der Waals surface area (Å²) < 4.78 is 16.4. The SMILES string of the molecule is CN=C(NCCOCc1ccccc1)NCCc1ccc2c(c1)OCO2. The molecule has 0 saturated heterocycles. The highest BCUT2D eigenvalue weighted by Crippen LogP contribution is 2.32. The van der Waals surface area contributed by atoms with Gasteiger partial charge in [0, 0.05) is 20.1 Å². The molecule has 138 valence electrons. The van der Waals surface area contributed by atoms with Gasteiger partial charge in [-0.3, -0.25) is 4.99 Å². The monoisotopic (exact) mass is 355 g/mol. The van der Waals surface area contributed by atoms with Crippen molar-refractivity contribution in [3.63, 3.8) is 0 Å². The van der Waals surface area contributed by atoms with Gasteiger partial charge in [-0.2, -0.15) is 0 Å². The molecule has 1 aliphatic heterocycles. The molecule has 0 bridgehead atoms. The van der Waals surface area contributed by atoms with Crippen molar-refractivity contribution in [2.75, 3.05) is 33.5 Å². The Labute approximate surface area is 154 Å². The molecule has 0 aromatic heterocycles. The van der Waals surface area contributed by atoms with Gasteiger partial charge in [-0.05, 0) is 29.7 Å². The number of aliphatic imine (C=N–C) groups is 1. The van der Waals surface area contributed by atoms with Crippen molar-refractivity contribution >= 4 is 5.96 Å². The number of hydrogen-bond acceptors (Lipinski definition) is 4. The molecule has 0 radical (unpaired) electrons. The second-order valence-corrected chi connectivity index (χ2v) is 5.90. The number of ether oxygens (including phenoxy) is 3. The van der Waals surface area contributed by atoms with Gasteiger partial charge in [-0.1, -0.05) is 36.4 Å². The largest absolute Gasteiger partial charge is 0.454 e. The van der Waals surface area contributed by atoms with Gasteiger partial charge < -0.3 is 24.8 Å². The maximum atomic E-state index is 5.66. The molecule has 0 amide bonds. The van der Waals surface area contributed by atoms with Crippen LogP contribution in [-0.4, -0.2) is 39.5 Å². The van der Waals surface area contributed by atoms with Crippen molar-refractivity contribution in [3.8, 4) is 11.5 Å². The third kappa shape index (κ3) is 5.39. The molecule has 2 aromatic rings. The molecule has 1 heterocycles. The Morgan fingerprint density at radius 3 is 2.65 bits per heavy atom. The fourth-order valence-electron chi connectivity index (χ4n) is 2.65. The molecule has 0 unspecified atom stereocenters. The van der Waals surface area contributed by atoms with Crippen molar-refractivity contribution in [1.82, 2.24) is 10.6 Å². The molecule has 26 heavy (non-hydrogen) atoms. The fourth-order valence-corrected chi connectivity index (χ4v) is 2.65. The van der Waals surface area contributed by atoms with E-state index in [2.05, 4.69) is 33.8 Å². The number of fused-ring (bicyclic) bond motifs is 1. The highest BCUT2D eigenvalue weighted by atomic mass is 16.7. The minimum Gasteiger partial charge on any atom is -0.454 e. The van der Waals surface area contributed by atoms with Crippen molar-refractivity contribution < 1.29 is 14.2 Å². The number of guanidine groups is 1. The van der Waals surface area contributed by atoms with Crippen molar-refractivity contribution in [2.24, 2.45) is 4.99 Å². The Hall–Kier alpha value is -2.73. The van der Waals surface area contributed by atoms with E-state index < -0.39 is 0 Å². The van der Waals surface area contributed by atoms with Crippen LogP contribution in [-0.2, 0) is 17.8 Å². The third-order valence-corrected chi connectivity index (χ3v) is 4.02. The van der Waals surface area contributed by atoms with E-state index in [1.807, 2.05) is 30.3 Å². The lowest BCUT2D eigenvalue weighted by Crippen LogP contribution is -2.39. The normalized spacial score (nSPS) is 12.9. The Morgan fingerprint density at radius 1 is 1.00 bits per heavy atom. The minimum atomic E-state index is 0.305. The number of benzene rings is 2. The summed E-state index contributed by atoms with van der Waals surface area (Å²) in [4.78, 5) is 4.23. The summed E-state index contributed by atoms with van der Waals surface area (Å²) >= 11 is 0. The molecule has 6 nitrogen and oxygen atoms in total. The standard InChI is InChI=1S/C20H25N3O3/c1-21-20(23-11-12-24-14-17-5-3-2-4-6-17)22-10-9-16-7-8-18-19(13-16)26-15-25-18/h2-8,13H,9-12,14-15H2,1H3,(H2,21,22,23). The van der Waals surface area contributed by atoms with Crippen LogP contribution in [0.15, 0.2) is 53.5 Å². The molecule has 0 saturated carbocycles. The first-order chi connectivity index (χ1) is 12.8. The van der Waals surface area contributed by atoms with Gasteiger partial charge in [0.2, 0.25) is 6.79 Å². The van der Waals surface area contributed by atoms with E-state index >= 15 is 0 Å². The maximum absolute atomic E-state index is 5.66.